The van der Waals surface area contributed by atoms with Gasteiger partial charge >= 0.3 is 5.63 Å². The SMILES string of the molecule is C=Cc1cc([C@H](N)CCC)oc(=O)c1. The van der Waals surface area contributed by atoms with Gasteiger partial charge in [0.1, 0.15) is 5.76 Å². The van der Waals surface area contributed by atoms with E-state index in [1.165, 1.54) is 6.07 Å². The molecular weight excluding hydrogens is 178 g/mol. The molecular formula is C11H15NO2. The van der Waals surface area contributed by atoms with Crippen LogP contribution in [0.4, 0.5) is 0 Å². The maximum Gasteiger partial charge on any atom is 0.336 e. The molecule has 0 unspecified atom stereocenters. The summed E-state index contributed by atoms with van der Waals surface area (Å²) in [7, 11) is 0. The van der Waals surface area contributed by atoms with E-state index in [9.17, 15) is 4.79 Å². The third-order valence-corrected chi connectivity index (χ3v) is 2.01. The van der Waals surface area contributed by atoms with Crippen LogP contribution in [0.2, 0.25) is 0 Å². The maximum atomic E-state index is 11.1. The summed E-state index contributed by atoms with van der Waals surface area (Å²) in [5, 5.41) is 0. The highest BCUT2D eigenvalue weighted by atomic mass is 16.4. The summed E-state index contributed by atoms with van der Waals surface area (Å²) in [6.45, 7) is 5.63. The van der Waals surface area contributed by atoms with E-state index in [1.54, 1.807) is 12.1 Å². The summed E-state index contributed by atoms with van der Waals surface area (Å²) < 4.78 is 5.01. The van der Waals surface area contributed by atoms with Gasteiger partial charge in [-0.1, -0.05) is 26.0 Å². The normalized spacial score (nSPS) is 12.4. The van der Waals surface area contributed by atoms with Crippen LogP contribution in [0.3, 0.4) is 0 Å². The molecule has 1 aromatic rings. The fourth-order valence-electron chi connectivity index (χ4n) is 1.27. The topological polar surface area (TPSA) is 56.2 Å². The molecule has 0 aliphatic rings. The zero-order valence-corrected chi connectivity index (χ0v) is 8.32. The van der Waals surface area contributed by atoms with Crippen molar-refractivity contribution in [1.29, 1.82) is 0 Å². The van der Waals surface area contributed by atoms with Gasteiger partial charge in [-0.15, -0.1) is 0 Å². The number of rotatable bonds is 4. The van der Waals surface area contributed by atoms with Crippen molar-refractivity contribution in [1.82, 2.24) is 0 Å². The van der Waals surface area contributed by atoms with Gasteiger partial charge in [0.2, 0.25) is 0 Å². The molecule has 0 bridgehead atoms. The minimum absolute atomic E-state index is 0.201. The van der Waals surface area contributed by atoms with Crippen molar-refractivity contribution in [3.63, 3.8) is 0 Å². The second kappa shape index (κ2) is 4.77. The van der Waals surface area contributed by atoms with Crippen LogP contribution in [0.15, 0.2) is 27.9 Å². The van der Waals surface area contributed by atoms with Crippen molar-refractivity contribution < 1.29 is 4.42 Å². The average molecular weight is 193 g/mol. The Kier molecular flexibility index (Phi) is 3.65. The molecule has 0 saturated carbocycles. The summed E-state index contributed by atoms with van der Waals surface area (Å²) in [5.41, 5.74) is 6.21. The molecule has 1 heterocycles. The van der Waals surface area contributed by atoms with Gasteiger partial charge in [0.15, 0.2) is 0 Å². The Bertz CT molecular complexity index is 368. The summed E-state index contributed by atoms with van der Waals surface area (Å²) in [6, 6.07) is 2.96. The second-order valence-electron chi connectivity index (χ2n) is 3.21. The largest absolute Gasteiger partial charge is 0.426 e. The number of hydrogen-bond acceptors (Lipinski definition) is 3. The molecule has 3 heteroatoms. The third-order valence-electron chi connectivity index (χ3n) is 2.01. The average Bonchev–Trinajstić information content (AvgIpc) is 2.17. The highest BCUT2D eigenvalue weighted by Crippen LogP contribution is 2.15. The van der Waals surface area contributed by atoms with E-state index >= 15 is 0 Å². The van der Waals surface area contributed by atoms with Crippen molar-refractivity contribution >= 4 is 6.08 Å². The Morgan fingerprint density at radius 1 is 1.64 bits per heavy atom. The van der Waals surface area contributed by atoms with Gasteiger partial charge in [-0.05, 0) is 18.1 Å². The zero-order chi connectivity index (χ0) is 10.6. The van der Waals surface area contributed by atoms with Gasteiger partial charge in [-0.3, -0.25) is 0 Å². The first-order valence-electron chi connectivity index (χ1n) is 4.70. The zero-order valence-electron chi connectivity index (χ0n) is 8.32. The van der Waals surface area contributed by atoms with Crippen LogP contribution >= 0.6 is 0 Å². The van der Waals surface area contributed by atoms with Gasteiger partial charge in [0, 0.05) is 6.07 Å². The summed E-state index contributed by atoms with van der Waals surface area (Å²) in [5.74, 6) is 0.536. The standard InChI is InChI=1S/C11H15NO2/c1-3-5-9(12)10-6-8(4-2)7-11(13)14-10/h4,6-7,9H,2-3,5,12H2,1H3/t9-/m1/s1. The first-order valence-corrected chi connectivity index (χ1v) is 4.70. The Hall–Kier alpha value is -1.35. The molecule has 14 heavy (non-hydrogen) atoms. The van der Waals surface area contributed by atoms with Gasteiger partial charge in [0.05, 0.1) is 6.04 Å². The van der Waals surface area contributed by atoms with E-state index in [-0.39, 0.29) is 11.7 Å². The lowest BCUT2D eigenvalue weighted by molar-refractivity contribution is 0.412. The van der Waals surface area contributed by atoms with Gasteiger partial charge in [0.25, 0.3) is 0 Å². The molecule has 0 spiro atoms. The lowest BCUT2D eigenvalue weighted by atomic mass is 10.1. The highest BCUT2D eigenvalue weighted by molar-refractivity contribution is 5.46. The Labute approximate surface area is 83.2 Å². The molecule has 2 N–H and O–H groups in total. The number of nitrogens with two attached hydrogens (primary N) is 1. The van der Waals surface area contributed by atoms with Gasteiger partial charge in [-0.25, -0.2) is 4.79 Å². The van der Waals surface area contributed by atoms with Crippen LogP contribution in [0, 0.1) is 0 Å². The molecule has 1 rings (SSSR count). The summed E-state index contributed by atoms with van der Waals surface area (Å²) >= 11 is 0. The van der Waals surface area contributed by atoms with Gasteiger partial charge in [-0.2, -0.15) is 0 Å². The van der Waals surface area contributed by atoms with Crippen LogP contribution < -0.4 is 11.4 Å². The molecule has 1 atom stereocenters. The van der Waals surface area contributed by atoms with Crippen molar-refractivity contribution in [2.24, 2.45) is 5.73 Å². The predicted octanol–water partition coefficient (Wildman–Crippen LogP) is 2.08. The first-order chi connectivity index (χ1) is 6.67. The first kappa shape index (κ1) is 10.7. The van der Waals surface area contributed by atoms with E-state index in [1.807, 2.05) is 6.92 Å². The molecule has 1 aromatic heterocycles. The molecule has 0 radical (unpaired) electrons. The van der Waals surface area contributed by atoms with Crippen LogP contribution in [-0.2, 0) is 0 Å². The van der Waals surface area contributed by atoms with E-state index in [2.05, 4.69) is 6.58 Å². The highest BCUT2D eigenvalue weighted by Gasteiger charge is 2.08. The van der Waals surface area contributed by atoms with Crippen molar-refractivity contribution in [3.8, 4) is 0 Å². The predicted molar refractivity (Wildman–Crippen MR) is 56.9 cm³/mol. The van der Waals surface area contributed by atoms with Crippen LogP contribution in [0.1, 0.15) is 37.1 Å². The van der Waals surface area contributed by atoms with E-state index in [4.69, 9.17) is 10.2 Å². The fraction of sp³-hybridized carbons (Fsp3) is 0.364. The summed E-state index contributed by atoms with van der Waals surface area (Å²) in [4.78, 5) is 11.1. The second-order valence-corrected chi connectivity index (χ2v) is 3.21. The lowest BCUT2D eigenvalue weighted by Gasteiger charge is -2.08. The Morgan fingerprint density at radius 3 is 2.93 bits per heavy atom. The molecule has 0 saturated heterocycles. The minimum Gasteiger partial charge on any atom is -0.426 e. The quantitative estimate of drug-likeness (QED) is 0.796. The molecule has 0 aliphatic heterocycles. The Balaban J connectivity index is 3.02. The van der Waals surface area contributed by atoms with Gasteiger partial charge < -0.3 is 10.2 Å². The number of hydrogen-bond donors (Lipinski definition) is 1. The van der Waals surface area contributed by atoms with E-state index in [0.29, 0.717) is 5.76 Å². The van der Waals surface area contributed by atoms with Crippen LogP contribution in [0.25, 0.3) is 6.08 Å². The molecule has 0 aliphatic carbocycles. The third kappa shape index (κ3) is 2.57. The molecule has 0 aromatic carbocycles. The molecule has 3 nitrogen and oxygen atoms in total. The van der Waals surface area contributed by atoms with E-state index < -0.39 is 0 Å². The monoisotopic (exact) mass is 193 g/mol. The van der Waals surface area contributed by atoms with Crippen molar-refractivity contribution in [3.05, 3.63) is 40.5 Å². The van der Waals surface area contributed by atoms with Crippen LogP contribution in [0.5, 0.6) is 0 Å². The fourth-order valence-corrected chi connectivity index (χ4v) is 1.27. The lowest BCUT2D eigenvalue weighted by Crippen LogP contribution is -2.13. The molecule has 0 fully saturated rings. The van der Waals surface area contributed by atoms with Crippen LogP contribution in [-0.4, -0.2) is 0 Å². The molecule has 0 amide bonds. The smallest absolute Gasteiger partial charge is 0.336 e. The minimum atomic E-state index is -0.371. The Morgan fingerprint density at radius 2 is 2.36 bits per heavy atom. The van der Waals surface area contributed by atoms with Crippen molar-refractivity contribution in [2.45, 2.75) is 25.8 Å². The maximum absolute atomic E-state index is 11.1. The summed E-state index contributed by atoms with van der Waals surface area (Å²) in [6.07, 6.45) is 3.38. The molecule has 76 valence electrons. The van der Waals surface area contributed by atoms with E-state index in [0.717, 1.165) is 18.4 Å². The van der Waals surface area contributed by atoms with Crippen molar-refractivity contribution in [2.75, 3.05) is 0 Å².